The number of rotatable bonds is 7. The molecule has 2 heterocycles. The van der Waals surface area contributed by atoms with Gasteiger partial charge >= 0.3 is 0 Å². The number of amides is 2. The van der Waals surface area contributed by atoms with Crippen molar-refractivity contribution >= 4 is 29.1 Å². The molecule has 200 valence electrons. The summed E-state index contributed by atoms with van der Waals surface area (Å²) in [5, 5.41) is 27.4. The molecule has 0 aromatic heterocycles. The molecule has 2 amide bonds. The minimum atomic E-state index is -1.51. The Kier molecular flexibility index (Phi) is 7.63. The van der Waals surface area contributed by atoms with Gasteiger partial charge in [-0.15, -0.1) is 0 Å². The first-order valence-electron chi connectivity index (χ1n) is 12.3. The van der Waals surface area contributed by atoms with E-state index in [1.165, 1.54) is 30.3 Å². The molecule has 1 spiro atoms. The number of nitrogens with one attached hydrogen (secondary N) is 3. The lowest BCUT2D eigenvalue weighted by Crippen LogP contribution is -2.49. The summed E-state index contributed by atoms with van der Waals surface area (Å²) in [4.78, 5) is 27.5. The first kappa shape index (κ1) is 27.4. The van der Waals surface area contributed by atoms with Crippen molar-refractivity contribution in [2.75, 3.05) is 18.5 Å². The molecule has 10 heteroatoms. The number of hydrogen-bond donors (Lipinski definition) is 5. The maximum absolute atomic E-state index is 15.4. The normalized spacial score (nSPS) is 25.7. The summed E-state index contributed by atoms with van der Waals surface area (Å²) in [6.07, 6.45) is -0.468. The number of hydrogen-bond acceptors (Lipinski definition) is 5. The van der Waals surface area contributed by atoms with E-state index in [-0.39, 0.29) is 29.0 Å². The molecule has 0 aliphatic carbocycles. The number of aliphatic hydroxyl groups excluding tert-OH is 2. The smallest absolute Gasteiger partial charge is 0.237 e. The largest absolute Gasteiger partial charge is 0.394 e. The quantitative estimate of drug-likeness (QED) is 0.374. The summed E-state index contributed by atoms with van der Waals surface area (Å²) in [5.41, 5.74) is -1.02. The van der Waals surface area contributed by atoms with Gasteiger partial charge in [0.25, 0.3) is 0 Å². The zero-order valence-corrected chi connectivity index (χ0v) is 21.7. The van der Waals surface area contributed by atoms with Crippen LogP contribution >= 0.6 is 11.6 Å². The van der Waals surface area contributed by atoms with Gasteiger partial charge in [-0.2, -0.15) is 0 Å². The van der Waals surface area contributed by atoms with Crippen molar-refractivity contribution < 1.29 is 28.6 Å². The molecule has 1 fully saturated rings. The van der Waals surface area contributed by atoms with Crippen molar-refractivity contribution in [2.24, 2.45) is 5.41 Å². The van der Waals surface area contributed by atoms with E-state index < -0.39 is 59.6 Å². The maximum Gasteiger partial charge on any atom is 0.237 e. The summed E-state index contributed by atoms with van der Waals surface area (Å²) in [6.45, 7) is 5.57. The van der Waals surface area contributed by atoms with Gasteiger partial charge in [0, 0.05) is 24.2 Å². The molecule has 0 radical (unpaired) electrons. The van der Waals surface area contributed by atoms with E-state index in [9.17, 15) is 19.1 Å². The summed E-state index contributed by atoms with van der Waals surface area (Å²) in [7, 11) is 0. The van der Waals surface area contributed by atoms with Gasteiger partial charge in [-0.3, -0.25) is 9.59 Å². The van der Waals surface area contributed by atoms with Gasteiger partial charge in [-0.1, -0.05) is 50.6 Å². The van der Waals surface area contributed by atoms with Crippen LogP contribution in [0.25, 0.3) is 0 Å². The van der Waals surface area contributed by atoms with Crippen molar-refractivity contribution in [1.29, 1.82) is 0 Å². The standard InChI is InChI=1S/C27H32ClF2N3O4/c1-26(2,3)12-21-27(16-10-19(30)17(28)11-20(16)32-25(27)37)22(15-6-4-5-7-18(15)29)23(33-21)24(36)31-9-8-14(35)13-34/h4-7,10-11,14,21-23,33-35H,8-9,12-13H2,1-3H3,(H,31,36)(H,32,37)/t14-,21+,22-,23+,27-/m0/s1. The molecule has 5 N–H and O–H groups in total. The molecule has 2 aliphatic rings. The molecule has 2 aromatic rings. The molecule has 0 saturated carbocycles. The van der Waals surface area contributed by atoms with Gasteiger partial charge in [-0.25, -0.2) is 8.78 Å². The van der Waals surface area contributed by atoms with E-state index in [4.69, 9.17) is 16.7 Å². The minimum Gasteiger partial charge on any atom is -0.394 e. The molecule has 2 aromatic carbocycles. The second-order valence-electron chi connectivity index (χ2n) is 11.0. The Hall–Kier alpha value is -2.59. The molecule has 4 rings (SSSR count). The second-order valence-corrected chi connectivity index (χ2v) is 11.4. The fraction of sp³-hybridized carbons (Fsp3) is 0.481. The molecule has 7 nitrogen and oxygen atoms in total. The Morgan fingerprint density at radius 2 is 1.92 bits per heavy atom. The van der Waals surface area contributed by atoms with Crippen LogP contribution in [0.1, 0.15) is 50.7 Å². The molecular formula is C27H32ClF2N3O4. The van der Waals surface area contributed by atoms with E-state index >= 15 is 4.39 Å². The predicted octanol–water partition coefficient (Wildman–Crippen LogP) is 3.23. The molecule has 2 aliphatic heterocycles. The molecule has 0 unspecified atom stereocenters. The number of halogens is 3. The molecule has 37 heavy (non-hydrogen) atoms. The van der Waals surface area contributed by atoms with Crippen molar-refractivity contribution in [2.45, 2.75) is 63.1 Å². The number of fused-ring (bicyclic) bond motifs is 2. The molecule has 0 bridgehead atoms. The molecule has 1 saturated heterocycles. The van der Waals surface area contributed by atoms with Crippen LogP contribution in [0.4, 0.5) is 14.5 Å². The van der Waals surface area contributed by atoms with E-state index in [0.29, 0.717) is 17.7 Å². The van der Waals surface area contributed by atoms with Gasteiger partial charge < -0.3 is 26.2 Å². The average Bonchev–Trinajstić information content (AvgIpc) is 3.29. The van der Waals surface area contributed by atoms with Crippen molar-refractivity contribution in [3.05, 3.63) is 64.2 Å². The third kappa shape index (κ3) is 4.97. The van der Waals surface area contributed by atoms with Crippen LogP contribution in [-0.2, 0) is 15.0 Å². The summed E-state index contributed by atoms with van der Waals surface area (Å²) < 4.78 is 30.2. The van der Waals surface area contributed by atoms with Crippen LogP contribution in [0.5, 0.6) is 0 Å². The Morgan fingerprint density at radius 1 is 1.22 bits per heavy atom. The summed E-state index contributed by atoms with van der Waals surface area (Å²) in [5.74, 6) is -3.29. The third-order valence-corrected chi connectivity index (χ3v) is 7.50. The Labute approximate surface area is 219 Å². The highest BCUT2D eigenvalue weighted by atomic mass is 35.5. The summed E-state index contributed by atoms with van der Waals surface area (Å²) in [6, 6.07) is 6.80. The number of anilines is 1. The highest BCUT2D eigenvalue weighted by molar-refractivity contribution is 6.31. The lowest BCUT2D eigenvalue weighted by Gasteiger charge is -2.37. The highest BCUT2D eigenvalue weighted by Gasteiger charge is 2.66. The van der Waals surface area contributed by atoms with Gasteiger partial charge in [0.1, 0.15) is 17.0 Å². The van der Waals surface area contributed by atoms with Crippen LogP contribution in [0.15, 0.2) is 36.4 Å². The number of carbonyl (C=O) groups is 2. The Balaban J connectivity index is 1.90. The first-order chi connectivity index (χ1) is 17.4. The first-order valence-corrected chi connectivity index (χ1v) is 12.7. The Bertz CT molecular complexity index is 1200. The van der Waals surface area contributed by atoms with Crippen molar-refractivity contribution in [3.63, 3.8) is 0 Å². The third-order valence-electron chi connectivity index (χ3n) is 7.21. The van der Waals surface area contributed by atoms with Crippen LogP contribution in [0.2, 0.25) is 5.02 Å². The van der Waals surface area contributed by atoms with E-state index in [2.05, 4.69) is 16.0 Å². The van der Waals surface area contributed by atoms with Crippen LogP contribution in [0, 0.1) is 17.0 Å². The zero-order valence-electron chi connectivity index (χ0n) is 20.9. The van der Waals surface area contributed by atoms with Crippen LogP contribution < -0.4 is 16.0 Å². The minimum absolute atomic E-state index is 0.0622. The van der Waals surface area contributed by atoms with Gasteiger partial charge in [0.15, 0.2) is 0 Å². The van der Waals surface area contributed by atoms with Gasteiger partial charge in [-0.05, 0) is 47.6 Å². The fourth-order valence-electron chi connectivity index (χ4n) is 5.69. The zero-order chi connectivity index (χ0) is 27.1. The lowest BCUT2D eigenvalue weighted by molar-refractivity contribution is -0.124. The SMILES string of the molecule is CC(C)(C)C[C@H]1N[C@@H](C(=O)NCC[C@H](O)CO)[C@H](c2ccccc2F)[C@@]12C(=O)Nc1cc(Cl)c(F)cc12. The average molecular weight is 536 g/mol. The molecule has 5 atom stereocenters. The highest BCUT2D eigenvalue weighted by Crippen LogP contribution is 2.57. The van der Waals surface area contributed by atoms with E-state index in [1.54, 1.807) is 6.07 Å². The monoisotopic (exact) mass is 535 g/mol. The maximum atomic E-state index is 15.4. The fourth-order valence-corrected chi connectivity index (χ4v) is 5.86. The lowest BCUT2D eigenvalue weighted by atomic mass is 9.62. The predicted molar refractivity (Wildman–Crippen MR) is 136 cm³/mol. The second kappa shape index (κ2) is 10.3. The molecular weight excluding hydrogens is 504 g/mol. The van der Waals surface area contributed by atoms with E-state index in [0.717, 1.165) is 0 Å². The van der Waals surface area contributed by atoms with Gasteiger partial charge in [0.05, 0.1) is 23.8 Å². The van der Waals surface area contributed by atoms with Crippen molar-refractivity contribution in [3.8, 4) is 0 Å². The van der Waals surface area contributed by atoms with Crippen LogP contribution in [-0.4, -0.2) is 53.4 Å². The van der Waals surface area contributed by atoms with Crippen molar-refractivity contribution in [1.82, 2.24) is 10.6 Å². The topological polar surface area (TPSA) is 111 Å². The number of benzene rings is 2. The number of aliphatic hydroxyl groups is 2. The Morgan fingerprint density at radius 3 is 2.57 bits per heavy atom. The van der Waals surface area contributed by atoms with E-state index in [1.807, 2.05) is 20.8 Å². The van der Waals surface area contributed by atoms with Gasteiger partial charge in [0.2, 0.25) is 11.8 Å². The summed E-state index contributed by atoms with van der Waals surface area (Å²) >= 11 is 6.03. The number of carbonyl (C=O) groups excluding carboxylic acids is 2. The van der Waals surface area contributed by atoms with Crippen LogP contribution in [0.3, 0.4) is 0 Å².